The van der Waals surface area contributed by atoms with Crippen molar-refractivity contribution in [1.29, 1.82) is 0 Å². The molecule has 0 atom stereocenters. The van der Waals surface area contributed by atoms with Crippen LogP contribution in [-0.2, 0) is 6.54 Å². The second-order valence-corrected chi connectivity index (χ2v) is 4.78. The lowest BCUT2D eigenvalue weighted by atomic mass is 10.2. The number of nitrogens with two attached hydrogens (primary N) is 1. The van der Waals surface area contributed by atoms with Crippen LogP contribution in [0.5, 0.6) is 0 Å². The molecule has 3 rings (SSSR count). The van der Waals surface area contributed by atoms with Gasteiger partial charge in [0.05, 0.1) is 11.0 Å². The highest BCUT2D eigenvalue weighted by molar-refractivity contribution is 5.81. The maximum atomic E-state index is 5.80. The van der Waals surface area contributed by atoms with Crippen molar-refractivity contribution in [3.05, 3.63) is 24.3 Å². The summed E-state index contributed by atoms with van der Waals surface area (Å²) in [5, 5.41) is 7.51. The molecule has 6 heteroatoms. The molecule has 0 bridgehead atoms. The molecule has 104 valence electrons. The number of imidazole rings is 1. The Kier molecular flexibility index (Phi) is 3.37. The van der Waals surface area contributed by atoms with Crippen molar-refractivity contribution >= 4 is 16.9 Å². The fourth-order valence-corrected chi connectivity index (χ4v) is 2.35. The number of aryl methyl sites for hydroxylation is 1. The van der Waals surface area contributed by atoms with Crippen LogP contribution >= 0.6 is 0 Å². The minimum atomic E-state index is 0.275. The average Bonchev–Trinajstić information content (AvgIpc) is 3.03. The Morgan fingerprint density at radius 3 is 2.80 bits per heavy atom. The maximum absolute atomic E-state index is 5.80. The van der Waals surface area contributed by atoms with Crippen molar-refractivity contribution in [2.75, 3.05) is 5.73 Å². The van der Waals surface area contributed by atoms with Crippen LogP contribution in [0.4, 0.5) is 5.82 Å². The number of fused-ring (bicyclic) bond motifs is 1. The van der Waals surface area contributed by atoms with Crippen LogP contribution in [0.15, 0.2) is 28.9 Å². The molecule has 2 heterocycles. The van der Waals surface area contributed by atoms with Crippen LogP contribution in [0.25, 0.3) is 22.6 Å². The van der Waals surface area contributed by atoms with Gasteiger partial charge in [-0.2, -0.15) is 0 Å². The normalized spacial score (nSPS) is 11.2. The quantitative estimate of drug-likeness (QED) is 0.721. The van der Waals surface area contributed by atoms with Crippen molar-refractivity contribution in [1.82, 2.24) is 19.9 Å². The second kappa shape index (κ2) is 5.32. The number of hydrogen-bond acceptors (Lipinski definition) is 5. The Morgan fingerprint density at radius 1 is 1.20 bits per heavy atom. The molecule has 20 heavy (non-hydrogen) atoms. The summed E-state index contributed by atoms with van der Waals surface area (Å²) in [6, 6.07) is 8.02. The number of aromatic nitrogens is 4. The number of nitrogen functional groups attached to an aromatic ring is 1. The Balaban J connectivity index is 2.10. The highest BCUT2D eigenvalue weighted by Gasteiger charge is 2.18. The number of unbranched alkanes of at least 4 members (excludes halogenated alkanes) is 2. The molecule has 0 spiro atoms. The number of anilines is 1. The van der Waals surface area contributed by atoms with Crippen LogP contribution in [-0.4, -0.2) is 19.9 Å². The molecule has 6 nitrogen and oxygen atoms in total. The van der Waals surface area contributed by atoms with E-state index in [-0.39, 0.29) is 5.82 Å². The lowest BCUT2D eigenvalue weighted by Crippen LogP contribution is -2.02. The molecule has 0 aliphatic rings. The van der Waals surface area contributed by atoms with Crippen LogP contribution < -0.4 is 5.73 Å². The lowest BCUT2D eigenvalue weighted by Gasteiger charge is -2.07. The third-order valence-corrected chi connectivity index (χ3v) is 3.37. The fourth-order valence-electron chi connectivity index (χ4n) is 2.35. The largest absolute Gasteiger partial charge is 0.379 e. The predicted octanol–water partition coefficient (Wildman–Crippen LogP) is 2.86. The van der Waals surface area contributed by atoms with Crippen LogP contribution in [0.1, 0.15) is 26.2 Å². The first kappa shape index (κ1) is 12.7. The zero-order valence-electron chi connectivity index (χ0n) is 11.4. The summed E-state index contributed by atoms with van der Waals surface area (Å²) < 4.78 is 6.84. The second-order valence-electron chi connectivity index (χ2n) is 4.78. The van der Waals surface area contributed by atoms with Gasteiger partial charge < -0.3 is 10.3 Å². The van der Waals surface area contributed by atoms with E-state index in [1.54, 1.807) is 0 Å². The Bertz CT molecular complexity index is 715. The van der Waals surface area contributed by atoms with E-state index < -0.39 is 0 Å². The highest BCUT2D eigenvalue weighted by Crippen LogP contribution is 2.26. The number of rotatable bonds is 5. The molecule has 0 unspecified atom stereocenters. The number of nitrogens with zero attached hydrogens (tertiary/aromatic N) is 4. The number of benzene rings is 1. The van der Waals surface area contributed by atoms with Gasteiger partial charge in [0.25, 0.3) is 0 Å². The standard InChI is InChI=1S/C14H17N5O/c1-2-3-6-9-19-11-8-5-4-7-10(11)16-14(19)12-13(15)18-20-17-12/h4-5,7-8H,2-3,6,9H2,1H3,(H2,15,18). The summed E-state index contributed by atoms with van der Waals surface area (Å²) >= 11 is 0. The van der Waals surface area contributed by atoms with Crippen LogP contribution in [0, 0.1) is 0 Å². The first-order valence-corrected chi connectivity index (χ1v) is 6.85. The van der Waals surface area contributed by atoms with Gasteiger partial charge in [-0.15, -0.1) is 0 Å². The molecule has 3 aromatic rings. The highest BCUT2D eigenvalue weighted by atomic mass is 16.6. The third kappa shape index (κ3) is 2.13. The first-order chi connectivity index (χ1) is 9.81. The van der Waals surface area contributed by atoms with Gasteiger partial charge in [0.2, 0.25) is 0 Å². The molecule has 0 saturated heterocycles. The van der Waals surface area contributed by atoms with E-state index in [1.165, 1.54) is 12.8 Å². The van der Waals surface area contributed by atoms with E-state index >= 15 is 0 Å². The van der Waals surface area contributed by atoms with E-state index in [4.69, 9.17) is 10.4 Å². The predicted molar refractivity (Wildman–Crippen MR) is 77.0 cm³/mol. The zero-order valence-corrected chi connectivity index (χ0v) is 11.4. The van der Waals surface area contributed by atoms with Gasteiger partial charge in [-0.1, -0.05) is 31.9 Å². The van der Waals surface area contributed by atoms with Gasteiger partial charge in [0.15, 0.2) is 17.3 Å². The summed E-state index contributed by atoms with van der Waals surface area (Å²) in [5.41, 5.74) is 8.33. The molecule has 2 N–H and O–H groups in total. The molecule has 0 amide bonds. The summed E-state index contributed by atoms with van der Waals surface area (Å²) in [4.78, 5) is 4.62. The monoisotopic (exact) mass is 271 g/mol. The smallest absolute Gasteiger partial charge is 0.199 e. The van der Waals surface area contributed by atoms with E-state index in [9.17, 15) is 0 Å². The van der Waals surface area contributed by atoms with Crippen molar-refractivity contribution in [3.63, 3.8) is 0 Å². The minimum Gasteiger partial charge on any atom is -0.379 e. The van der Waals surface area contributed by atoms with Crippen molar-refractivity contribution in [2.45, 2.75) is 32.7 Å². The van der Waals surface area contributed by atoms with E-state index in [2.05, 4.69) is 32.9 Å². The first-order valence-electron chi connectivity index (χ1n) is 6.85. The van der Waals surface area contributed by atoms with Crippen LogP contribution in [0.3, 0.4) is 0 Å². The van der Waals surface area contributed by atoms with E-state index in [1.807, 2.05) is 18.2 Å². The summed E-state index contributed by atoms with van der Waals surface area (Å²) in [5.74, 6) is 0.998. The maximum Gasteiger partial charge on any atom is 0.199 e. The average molecular weight is 271 g/mol. The van der Waals surface area contributed by atoms with Crippen molar-refractivity contribution in [3.8, 4) is 11.5 Å². The van der Waals surface area contributed by atoms with Gasteiger partial charge in [-0.3, -0.25) is 0 Å². The molecular weight excluding hydrogens is 254 g/mol. The topological polar surface area (TPSA) is 82.8 Å². The molecule has 0 radical (unpaired) electrons. The molecule has 0 saturated carbocycles. The molecule has 0 fully saturated rings. The van der Waals surface area contributed by atoms with Gasteiger partial charge >= 0.3 is 0 Å². The Labute approximate surface area is 116 Å². The van der Waals surface area contributed by atoms with Gasteiger partial charge in [-0.25, -0.2) is 9.61 Å². The van der Waals surface area contributed by atoms with E-state index in [0.717, 1.165) is 29.8 Å². The van der Waals surface area contributed by atoms with Gasteiger partial charge in [-0.05, 0) is 28.9 Å². The lowest BCUT2D eigenvalue weighted by molar-refractivity contribution is 0.310. The SMILES string of the molecule is CCCCCn1c(-c2nonc2N)nc2ccccc21. The Morgan fingerprint density at radius 2 is 2.05 bits per heavy atom. The molecule has 1 aromatic carbocycles. The molecule has 0 aliphatic carbocycles. The summed E-state index contributed by atoms with van der Waals surface area (Å²) in [7, 11) is 0. The van der Waals surface area contributed by atoms with Crippen molar-refractivity contribution in [2.24, 2.45) is 0 Å². The van der Waals surface area contributed by atoms with Crippen molar-refractivity contribution < 1.29 is 4.63 Å². The van der Waals surface area contributed by atoms with Gasteiger partial charge in [0.1, 0.15) is 0 Å². The zero-order chi connectivity index (χ0) is 13.9. The third-order valence-electron chi connectivity index (χ3n) is 3.37. The molecule has 0 aliphatic heterocycles. The Hall–Kier alpha value is -2.37. The molecule has 2 aromatic heterocycles. The summed E-state index contributed by atoms with van der Waals surface area (Å²) in [6.07, 6.45) is 3.45. The molecular formula is C14H17N5O. The fraction of sp³-hybridized carbons (Fsp3) is 0.357. The number of para-hydroxylation sites is 2. The van der Waals surface area contributed by atoms with Crippen LogP contribution in [0.2, 0.25) is 0 Å². The van der Waals surface area contributed by atoms with E-state index in [0.29, 0.717) is 5.69 Å². The number of hydrogen-bond donors (Lipinski definition) is 1. The minimum absolute atomic E-state index is 0.275. The van der Waals surface area contributed by atoms with Gasteiger partial charge in [0, 0.05) is 6.54 Å². The summed E-state index contributed by atoms with van der Waals surface area (Å²) in [6.45, 7) is 3.07.